The van der Waals surface area contributed by atoms with E-state index in [1.165, 1.54) is 50.2 Å². The Kier molecular flexibility index (Phi) is 6.02. The second-order valence-electron chi connectivity index (χ2n) is 7.02. The molecule has 0 radical (unpaired) electrons. The number of carbonyl (C=O) groups excluding carboxylic acids is 1. The van der Waals surface area contributed by atoms with Crippen molar-refractivity contribution < 1.29 is 41.2 Å². The van der Waals surface area contributed by atoms with E-state index in [0.29, 0.717) is 5.32 Å². The van der Waals surface area contributed by atoms with Crippen LogP contribution in [0.5, 0.6) is 5.75 Å². The van der Waals surface area contributed by atoms with Gasteiger partial charge in [-0.2, -0.15) is 21.6 Å². The van der Waals surface area contributed by atoms with Gasteiger partial charge in [0.25, 0.3) is 11.7 Å². The van der Waals surface area contributed by atoms with Crippen molar-refractivity contribution in [2.24, 2.45) is 8.80 Å². The monoisotopic (exact) mass is 474 g/mol. The fourth-order valence-electron chi connectivity index (χ4n) is 2.85. The van der Waals surface area contributed by atoms with Crippen molar-refractivity contribution in [2.45, 2.75) is 19.1 Å². The van der Waals surface area contributed by atoms with E-state index in [1.807, 2.05) is 0 Å². The van der Waals surface area contributed by atoms with Gasteiger partial charge in [-0.05, 0) is 31.2 Å². The highest BCUT2D eigenvalue weighted by molar-refractivity contribution is 7.89. The lowest BCUT2D eigenvalue weighted by molar-refractivity contribution is -0.623. The summed E-state index contributed by atoms with van der Waals surface area (Å²) >= 11 is 0. The molecular formula is C18H19F3N5O5S+. The highest BCUT2D eigenvalue weighted by Crippen LogP contribution is 2.31. The van der Waals surface area contributed by atoms with Gasteiger partial charge in [-0.1, -0.05) is 10.5 Å². The summed E-state index contributed by atoms with van der Waals surface area (Å²) in [5, 5.41) is 13.4. The number of hydrogen-bond donors (Lipinski definition) is 3. The van der Waals surface area contributed by atoms with Crippen molar-refractivity contribution in [2.75, 3.05) is 19.4 Å². The number of para-hydroxylation sites is 1. The number of rotatable bonds is 4. The van der Waals surface area contributed by atoms with Crippen LogP contribution < -0.4 is 10.6 Å². The van der Waals surface area contributed by atoms with Gasteiger partial charge in [0.15, 0.2) is 11.5 Å². The Morgan fingerprint density at radius 3 is 2.47 bits per heavy atom. The van der Waals surface area contributed by atoms with Crippen LogP contribution in [-0.4, -0.2) is 56.3 Å². The molecule has 1 amide bonds. The lowest BCUT2D eigenvalue weighted by Gasteiger charge is -2.17. The molecule has 1 atom stereocenters. The molecule has 1 aliphatic heterocycles. The maximum Gasteiger partial charge on any atom is 0.449 e. The van der Waals surface area contributed by atoms with E-state index < -0.39 is 51.5 Å². The number of nitrogens with one attached hydrogen (secondary N) is 1. The lowest BCUT2D eigenvalue weighted by atomic mass is 10.1. The molecule has 2 heterocycles. The molecule has 172 valence electrons. The smallest absolute Gasteiger partial charge is 0.449 e. The quantitative estimate of drug-likeness (QED) is 0.571. The second kappa shape index (κ2) is 8.27. The Morgan fingerprint density at radius 2 is 1.91 bits per heavy atom. The number of amidine groups is 2. The number of phenols is 1. The average Bonchev–Trinajstić information content (AvgIpc) is 3.21. The lowest BCUT2D eigenvalue weighted by Crippen LogP contribution is -2.93. The molecule has 10 nitrogen and oxygen atoms in total. The summed E-state index contributed by atoms with van der Waals surface area (Å²) in [7, 11) is -1.54. The van der Waals surface area contributed by atoms with Crippen molar-refractivity contribution in [3.63, 3.8) is 0 Å². The van der Waals surface area contributed by atoms with Crippen LogP contribution in [0.2, 0.25) is 0 Å². The molecule has 0 saturated carbocycles. The van der Waals surface area contributed by atoms with E-state index in [9.17, 15) is 31.5 Å². The number of hydrogen-bond acceptors (Lipinski definition) is 6. The van der Waals surface area contributed by atoms with E-state index in [2.05, 4.69) is 14.1 Å². The van der Waals surface area contributed by atoms with Gasteiger partial charge in [0.05, 0.1) is 11.3 Å². The number of carbonyl (C=O) groups is 1. The first kappa shape index (κ1) is 23.3. The molecule has 0 aliphatic carbocycles. The molecule has 0 spiro atoms. The summed E-state index contributed by atoms with van der Waals surface area (Å²) in [4.78, 5) is 13.4. The summed E-state index contributed by atoms with van der Waals surface area (Å²) in [6.45, 7) is 1.47. The Labute approximate surface area is 180 Å². The number of nitrogens with two attached hydrogens (primary N) is 1. The van der Waals surface area contributed by atoms with Gasteiger partial charge in [-0.3, -0.25) is 10.1 Å². The zero-order valence-corrected chi connectivity index (χ0v) is 17.8. The molecule has 0 bridgehead atoms. The van der Waals surface area contributed by atoms with Crippen LogP contribution >= 0.6 is 0 Å². The minimum atomic E-state index is -4.82. The number of nitrogens with zero attached hydrogens (tertiary/aromatic N) is 3. The van der Waals surface area contributed by atoms with Gasteiger partial charge in [-0.15, -0.1) is 4.40 Å². The Bertz CT molecular complexity index is 1220. The first-order chi connectivity index (χ1) is 14.8. The third-order valence-electron chi connectivity index (χ3n) is 4.33. The number of amides is 1. The fourth-order valence-corrected chi connectivity index (χ4v) is 3.65. The van der Waals surface area contributed by atoms with E-state index >= 15 is 0 Å². The Hall–Kier alpha value is -3.39. The number of benzene rings is 1. The van der Waals surface area contributed by atoms with E-state index in [1.54, 1.807) is 0 Å². The first-order valence-corrected chi connectivity index (χ1v) is 10.4. The first-order valence-electron chi connectivity index (χ1n) is 9.02. The van der Waals surface area contributed by atoms with Crippen LogP contribution in [-0.2, 0) is 10.2 Å². The Balaban J connectivity index is 1.95. The predicted molar refractivity (Wildman–Crippen MR) is 108 cm³/mol. The van der Waals surface area contributed by atoms with Crippen LogP contribution in [0.1, 0.15) is 27.9 Å². The maximum absolute atomic E-state index is 13.7. The highest BCUT2D eigenvalue weighted by Gasteiger charge is 2.49. The van der Waals surface area contributed by atoms with Crippen LogP contribution in [0, 0.1) is 6.92 Å². The van der Waals surface area contributed by atoms with Gasteiger partial charge in [0.1, 0.15) is 5.76 Å². The topological polar surface area (TPSA) is 141 Å². The second-order valence-corrected chi connectivity index (χ2v) is 8.29. The molecule has 1 aliphatic rings. The number of aryl methyl sites for hydroxylation is 1. The molecule has 2 aromatic rings. The third kappa shape index (κ3) is 4.91. The maximum atomic E-state index is 13.7. The van der Waals surface area contributed by atoms with Crippen molar-refractivity contribution >= 4 is 33.5 Å². The van der Waals surface area contributed by atoms with E-state index in [0.717, 1.165) is 6.07 Å². The van der Waals surface area contributed by atoms with Gasteiger partial charge in [-0.25, -0.2) is 0 Å². The number of phenolic OH excluding ortho intramolecular Hbond substituents is 1. The number of quaternary nitrogens is 1. The molecule has 3 rings (SSSR count). The zero-order valence-electron chi connectivity index (χ0n) is 17.0. The summed E-state index contributed by atoms with van der Waals surface area (Å²) < 4.78 is 76.4. The van der Waals surface area contributed by atoms with Gasteiger partial charge < -0.3 is 19.7 Å². The average molecular weight is 474 g/mol. The summed E-state index contributed by atoms with van der Waals surface area (Å²) in [6, 6.07) is 4.19. The zero-order chi connectivity index (χ0) is 23.8. The van der Waals surface area contributed by atoms with Gasteiger partial charge >= 0.3 is 16.4 Å². The molecular weight excluding hydrogens is 455 g/mol. The predicted octanol–water partition coefficient (Wildman–Crippen LogP) is 1.33. The van der Waals surface area contributed by atoms with Crippen LogP contribution in [0.15, 0.2) is 43.5 Å². The number of furan rings is 1. The summed E-state index contributed by atoms with van der Waals surface area (Å²) in [5.41, 5.74) is -0.254. The molecule has 14 heteroatoms. The van der Waals surface area contributed by atoms with Gasteiger partial charge in [0.2, 0.25) is 11.9 Å². The number of anilines is 1. The van der Waals surface area contributed by atoms with E-state index in [4.69, 9.17) is 4.42 Å². The minimum Gasteiger partial charge on any atom is -0.505 e. The van der Waals surface area contributed by atoms with Crippen LogP contribution in [0.25, 0.3) is 0 Å². The summed E-state index contributed by atoms with van der Waals surface area (Å²) in [6.07, 6.45) is -4.82. The third-order valence-corrected chi connectivity index (χ3v) is 5.17. The molecule has 32 heavy (non-hydrogen) atoms. The number of aromatic hydroxyl groups is 1. The molecule has 1 aromatic carbocycles. The largest absolute Gasteiger partial charge is 0.505 e. The van der Waals surface area contributed by atoms with Crippen LogP contribution in [0.3, 0.4) is 0 Å². The molecule has 1 unspecified atom stereocenters. The minimum absolute atomic E-state index is 0.108. The molecule has 0 fully saturated rings. The number of alkyl halides is 3. The molecule has 1 aromatic heterocycles. The Morgan fingerprint density at radius 1 is 1.22 bits per heavy atom. The normalized spacial score (nSPS) is 16.3. The van der Waals surface area contributed by atoms with Crippen molar-refractivity contribution in [1.82, 2.24) is 4.90 Å². The summed E-state index contributed by atoms with van der Waals surface area (Å²) in [5.74, 6) is -2.47. The standard InChI is InChI=1S/C18H18F3N5O5S/c1-9-7-8-12(31-9)14(18(19,20)21)23-16-15(24-32(29,30)25-16)22-11-6-4-5-10(13(11)27)17(28)26(2)3/h4-8,14,27H,1-3H3,(H,22,24)(H,23,25)/p+1. The number of halogens is 3. The van der Waals surface area contributed by atoms with Crippen molar-refractivity contribution in [1.29, 1.82) is 0 Å². The fraction of sp³-hybridized carbons (Fsp3) is 0.278. The molecule has 4 N–H and O–H groups in total. The van der Waals surface area contributed by atoms with Crippen molar-refractivity contribution in [3.05, 3.63) is 47.4 Å². The molecule has 0 saturated heterocycles. The van der Waals surface area contributed by atoms with Crippen molar-refractivity contribution in [3.8, 4) is 5.75 Å². The SMILES string of the molecule is Cc1ccc(C([NH2+]C2=NS(=O)(=O)N=C2Nc2cccc(C(=O)N(C)C)c2O)C(F)(F)F)o1. The van der Waals surface area contributed by atoms with Crippen LogP contribution in [0.4, 0.5) is 18.9 Å². The highest BCUT2D eigenvalue weighted by atomic mass is 32.2. The van der Waals surface area contributed by atoms with Gasteiger partial charge in [0, 0.05) is 14.1 Å². The van der Waals surface area contributed by atoms with E-state index in [-0.39, 0.29) is 17.0 Å².